The van der Waals surface area contributed by atoms with Crippen molar-refractivity contribution in [2.24, 2.45) is 11.0 Å². The van der Waals surface area contributed by atoms with E-state index in [-0.39, 0.29) is 19.0 Å². The maximum absolute atomic E-state index is 13.9. The van der Waals surface area contributed by atoms with E-state index in [1.165, 1.54) is 12.5 Å². The molecule has 7 nitrogen and oxygen atoms in total. The summed E-state index contributed by atoms with van der Waals surface area (Å²) in [4.78, 5) is 8.49. The van der Waals surface area contributed by atoms with Crippen LogP contribution < -0.4 is 5.43 Å². The van der Waals surface area contributed by atoms with Gasteiger partial charge in [-0.05, 0) is 12.1 Å². The fourth-order valence-electron chi connectivity index (χ4n) is 3.61. The van der Waals surface area contributed by atoms with E-state index in [1.807, 2.05) is 0 Å². The van der Waals surface area contributed by atoms with Crippen molar-refractivity contribution in [3.8, 4) is 6.07 Å². The standard InChI is InChI=1S/C19H25F3N6OSi/c1-30(2,3)9-8-29-13-28-7-5-14-16(24-12-25-17(14)28)18(10-26-27-11-18)15(4-6-23)19(20,21)22/h5,7,10,12,15,27H,4,8-9,11,13H2,1-3H3. The molecular weight excluding hydrogens is 413 g/mol. The number of aromatic nitrogens is 3. The minimum atomic E-state index is -4.59. The number of nitrogens with one attached hydrogen (secondary N) is 1. The third kappa shape index (κ3) is 4.49. The van der Waals surface area contributed by atoms with E-state index < -0.39 is 32.0 Å². The third-order valence-electron chi connectivity index (χ3n) is 5.29. The number of hydrogen-bond acceptors (Lipinski definition) is 6. The summed E-state index contributed by atoms with van der Waals surface area (Å²) in [7, 11) is -1.22. The van der Waals surface area contributed by atoms with E-state index in [9.17, 15) is 13.2 Å². The number of halogens is 3. The Balaban J connectivity index is 1.96. The molecule has 3 heterocycles. The number of rotatable bonds is 8. The molecule has 0 amide bonds. The summed E-state index contributed by atoms with van der Waals surface area (Å²) >= 11 is 0. The third-order valence-corrected chi connectivity index (χ3v) is 7.00. The first kappa shape index (κ1) is 22.2. The number of nitriles is 1. The largest absolute Gasteiger partial charge is 0.394 e. The van der Waals surface area contributed by atoms with Crippen molar-refractivity contribution in [2.45, 2.75) is 50.4 Å². The summed E-state index contributed by atoms with van der Waals surface area (Å²) in [5.41, 5.74) is 1.74. The second kappa shape index (κ2) is 8.35. The van der Waals surface area contributed by atoms with Gasteiger partial charge in [0, 0.05) is 45.4 Å². The highest BCUT2D eigenvalue weighted by atomic mass is 28.3. The predicted molar refractivity (Wildman–Crippen MR) is 110 cm³/mol. The number of fused-ring (bicyclic) bond motifs is 1. The zero-order chi connectivity index (χ0) is 22.0. The Hall–Kier alpha value is -2.45. The summed E-state index contributed by atoms with van der Waals surface area (Å²) in [6.45, 7) is 7.56. The zero-order valence-corrected chi connectivity index (χ0v) is 18.2. The molecule has 11 heteroatoms. The molecule has 0 saturated heterocycles. The number of nitrogens with zero attached hydrogens (tertiary/aromatic N) is 5. The Morgan fingerprint density at radius 1 is 1.37 bits per heavy atom. The van der Waals surface area contributed by atoms with Crippen LogP contribution in [-0.4, -0.2) is 48.2 Å². The van der Waals surface area contributed by atoms with Crippen LogP contribution in [0, 0.1) is 17.2 Å². The fraction of sp³-hybridized carbons (Fsp3) is 0.579. The van der Waals surface area contributed by atoms with Crippen molar-refractivity contribution in [1.29, 1.82) is 5.26 Å². The van der Waals surface area contributed by atoms with Gasteiger partial charge < -0.3 is 14.7 Å². The van der Waals surface area contributed by atoms with Crippen LogP contribution in [0.2, 0.25) is 25.7 Å². The summed E-state index contributed by atoms with van der Waals surface area (Å²) in [5, 5.41) is 13.4. The molecule has 2 aromatic rings. The van der Waals surface area contributed by atoms with Gasteiger partial charge in [0.1, 0.15) is 18.7 Å². The number of alkyl halides is 3. The first-order chi connectivity index (χ1) is 14.1. The topological polar surface area (TPSA) is 88.1 Å². The normalized spacial score (nSPS) is 20.3. The molecular formula is C19H25F3N6OSi. The monoisotopic (exact) mass is 438 g/mol. The molecule has 1 aliphatic heterocycles. The lowest BCUT2D eigenvalue weighted by atomic mass is 9.71. The lowest BCUT2D eigenvalue weighted by Crippen LogP contribution is -2.48. The van der Waals surface area contributed by atoms with Gasteiger partial charge >= 0.3 is 6.18 Å². The second-order valence-corrected chi connectivity index (χ2v) is 14.3. The van der Waals surface area contributed by atoms with Gasteiger partial charge in [0.05, 0.1) is 23.1 Å². The number of hydrazone groups is 1. The smallest absolute Gasteiger partial charge is 0.361 e. The Morgan fingerprint density at radius 2 is 2.13 bits per heavy atom. The van der Waals surface area contributed by atoms with E-state index in [4.69, 9.17) is 10.00 Å². The van der Waals surface area contributed by atoms with Crippen molar-refractivity contribution >= 4 is 25.3 Å². The quantitative estimate of drug-likeness (QED) is 0.502. The van der Waals surface area contributed by atoms with E-state index in [0.29, 0.717) is 17.6 Å². The van der Waals surface area contributed by atoms with E-state index in [2.05, 4.69) is 40.1 Å². The Bertz CT molecular complexity index is 962. The number of ether oxygens (including phenoxy) is 1. The van der Waals surface area contributed by atoms with Crippen LogP contribution in [-0.2, 0) is 16.9 Å². The van der Waals surface area contributed by atoms with Crippen LogP contribution in [0.25, 0.3) is 11.0 Å². The highest BCUT2D eigenvalue weighted by Gasteiger charge is 2.56. The van der Waals surface area contributed by atoms with Gasteiger partial charge in [-0.15, -0.1) is 0 Å². The lowest BCUT2D eigenvalue weighted by Gasteiger charge is -2.34. The van der Waals surface area contributed by atoms with E-state index >= 15 is 0 Å². The van der Waals surface area contributed by atoms with Crippen molar-refractivity contribution < 1.29 is 17.9 Å². The van der Waals surface area contributed by atoms with Gasteiger partial charge in [-0.3, -0.25) is 0 Å². The SMILES string of the molecule is C[Si](C)(C)CCOCn1ccc2c(C3(C(CC#N)C(F)(F)F)C=NNC3)ncnc21. The van der Waals surface area contributed by atoms with Gasteiger partial charge in [-0.1, -0.05) is 19.6 Å². The van der Waals surface area contributed by atoms with Crippen LogP contribution in [0.4, 0.5) is 13.2 Å². The molecule has 0 aliphatic carbocycles. The molecule has 2 atom stereocenters. The average molecular weight is 439 g/mol. The van der Waals surface area contributed by atoms with E-state index in [0.717, 1.165) is 6.04 Å². The summed E-state index contributed by atoms with van der Waals surface area (Å²) in [5.74, 6) is -1.94. The molecule has 1 aliphatic rings. The average Bonchev–Trinajstić information content (AvgIpc) is 3.29. The Kier molecular flexibility index (Phi) is 6.19. The predicted octanol–water partition coefficient (Wildman–Crippen LogP) is 3.66. The molecule has 0 saturated carbocycles. The molecule has 0 radical (unpaired) electrons. The molecule has 0 aromatic carbocycles. The van der Waals surface area contributed by atoms with Crippen molar-refractivity contribution in [2.75, 3.05) is 13.2 Å². The zero-order valence-electron chi connectivity index (χ0n) is 17.2. The first-order valence-corrected chi connectivity index (χ1v) is 13.4. The van der Waals surface area contributed by atoms with Gasteiger partial charge in [0.25, 0.3) is 0 Å². The lowest BCUT2D eigenvalue weighted by molar-refractivity contribution is -0.184. The number of hydrogen-bond donors (Lipinski definition) is 1. The highest BCUT2D eigenvalue weighted by molar-refractivity contribution is 6.76. The van der Waals surface area contributed by atoms with Crippen LogP contribution in [0.1, 0.15) is 12.1 Å². The Labute approximate surface area is 174 Å². The van der Waals surface area contributed by atoms with Gasteiger partial charge in [0.2, 0.25) is 0 Å². The Morgan fingerprint density at radius 3 is 2.73 bits per heavy atom. The van der Waals surface area contributed by atoms with Crippen LogP contribution in [0.5, 0.6) is 0 Å². The fourth-order valence-corrected chi connectivity index (χ4v) is 4.36. The van der Waals surface area contributed by atoms with Crippen molar-refractivity contribution in [3.05, 3.63) is 24.3 Å². The highest BCUT2D eigenvalue weighted by Crippen LogP contribution is 2.45. The van der Waals surface area contributed by atoms with Crippen molar-refractivity contribution in [1.82, 2.24) is 20.0 Å². The summed E-state index contributed by atoms with van der Waals surface area (Å²) in [6, 6.07) is 4.38. The molecule has 30 heavy (non-hydrogen) atoms. The van der Waals surface area contributed by atoms with Crippen LogP contribution in [0.15, 0.2) is 23.7 Å². The first-order valence-electron chi connectivity index (χ1n) is 9.67. The molecule has 2 unspecified atom stereocenters. The maximum Gasteiger partial charge on any atom is 0.394 e. The molecule has 2 aromatic heterocycles. The molecule has 1 N–H and O–H groups in total. The maximum atomic E-state index is 13.9. The molecule has 0 spiro atoms. The second-order valence-electron chi connectivity index (χ2n) is 8.68. The summed E-state index contributed by atoms with van der Waals surface area (Å²) in [6.07, 6.45) is -1.07. The van der Waals surface area contributed by atoms with Gasteiger partial charge in [-0.25, -0.2) is 9.97 Å². The molecule has 3 rings (SSSR count). The summed E-state index contributed by atoms with van der Waals surface area (Å²) < 4.78 is 49.2. The minimum Gasteiger partial charge on any atom is -0.361 e. The van der Waals surface area contributed by atoms with Crippen LogP contribution >= 0.6 is 0 Å². The minimum absolute atomic E-state index is 0.0944. The van der Waals surface area contributed by atoms with Crippen LogP contribution in [0.3, 0.4) is 0 Å². The van der Waals surface area contributed by atoms with Gasteiger partial charge in [-0.2, -0.15) is 23.5 Å². The molecule has 0 fully saturated rings. The van der Waals surface area contributed by atoms with Crippen molar-refractivity contribution in [3.63, 3.8) is 0 Å². The molecule has 0 bridgehead atoms. The van der Waals surface area contributed by atoms with Gasteiger partial charge in [0.15, 0.2) is 0 Å². The van der Waals surface area contributed by atoms with E-state index in [1.54, 1.807) is 22.9 Å². The molecule has 162 valence electrons.